The van der Waals surface area contributed by atoms with Crippen molar-refractivity contribution < 1.29 is 32.9 Å². The van der Waals surface area contributed by atoms with Crippen molar-refractivity contribution in [3.63, 3.8) is 0 Å². The van der Waals surface area contributed by atoms with Gasteiger partial charge in [-0.1, -0.05) is 237 Å². The number of nitrogens with one attached hydrogen (secondary N) is 1. The van der Waals surface area contributed by atoms with Gasteiger partial charge >= 0.3 is 7.82 Å². The molecule has 0 aliphatic carbocycles. The number of hydrogen-bond donors (Lipinski definition) is 3. The van der Waals surface area contributed by atoms with Crippen LogP contribution >= 0.6 is 7.82 Å². The minimum absolute atomic E-state index is 0.0630. The van der Waals surface area contributed by atoms with Crippen LogP contribution in [0.15, 0.2) is 24.3 Å². The summed E-state index contributed by atoms with van der Waals surface area (Å²) in [6.07, 6.45) is 57.0. The lowest BCUT2D eigenvalue weighted by Gasteiger charge is -2.25. The molecule has 0 radical (unpaired) electrons. The van der Waals surface area contributed by atoms with Crippen molar-refractivity contribution >= 4 is 13.7 Å². The largest absolute Gasteiger partial charge is 0.472 e. The summed E-state index contributed by atoms with van der Waals surface area (Å²) in [7, 11) is 1.58. The third-order valence-corrected chi connectivity index (χ3v) is 13.4. The summed E-state index contributed by atoms with van der Waals surface area (Å²) in [6, 6.07) is -0.843. The monoisotopic (exact) mass is 912 g/mol. The van der Waals surface area contributed by atoms with Crippen LogP contribution in [0.25, 0.3) is 0 Å². The van der Waals surface area contributed by atoms with Crippen LogP contribution in [-0.2, 0) is 18.4 Å². The Morgan fingerprint density at radius 1 is 0.524 bits per heavy atom. The number of phosphoric ester groups is 1. The van der Waals surface area contributed by atoms with E-state index in [0.29, 0.717) is 17.4 Å². The minimum Gasteiger partial charge on any atom is -0.387 e. The summed E-state index contributed by atoms with van der Waals surface area (Å²) in [5, 5.41) is 13.9. The summed E-state index contributed by atoms with van der Waals surface area (Å²) in [5.74, 6) is -0.175. The molecule has 0 aromatic rings. The maximum absolute atomic E-state index is 12.9. The molecule has 0 aliphatic heterocycles. The molecule has 63 heavy (non-hydrogen) atoms. The number of carbonyl (C=O) groups is 1. The van der Waals surface area contributed by atoms with Crippen molar-refractivity contribution in [2.24, 2.45) is 0 Å². The van der Waals surface area contributed by atoms with Gasteiger partial charge in [0, 0.05) is 6.42 Å². The molecule has 0 aromatic heterocycles. The van der Waals surface area contributed by atoms with Crippen LogP contribution in [0.2, 0.25) is 0 Å². The molecular formula is C54H108N2O6P+. The van der Waals surface area contributed by atoms with Gasteiger partial charge in [-0.3, -0.25) is 13.8 Å². The van der Waals surface area contributed by atoms with Gasteiger partial charge < -0.3 is 19.8 Å². The van der Waals surface area contributed by atoms with E-state index in [4.69, 9.17) is 9.05 Å². The molecule has 0 saturated carbocycles. The number of rotatable bonds is 50. The molecular weight excluding hydrogens is 804 g/mol. The van der Waals surface area contributed by atoms with Gasteiger partial charge in [-0.2, -0.15) is 0 Å². The Hall–Kier alpha value is -1.02. The molecule has 374 valence electrons. The lowest BCUT2D eigenvalue weighted by molar-refractivity contribution is -0.870. The van der Waals surface area contributed by atoms with Crippen molar-refractivity contribution in [3.05, 3.63) is 24.3 Å². The Bertz CT molecular complexity index is 1080. The fourth-order valence-electron chi connectivity index (χ4n) is 8.10. The number of hydrogen-bond acceptors (Lipinski definition) is 5. The van der Waals surface area contributed by atoms with E-state index in [1.54, 1.807) is 6.08 Å². The Labute approximate surface area is 392 Å². The third kappa shape index (κ3) is 48.7. The summed E-state index contributed by atoms with van der Waals surface area (Å²) >= 11 is 0. The highest BCUT2D eigenvalue weighted by Gasteiger charge is 2.27. The number of likely N-dealkylation sites (N-methyl/N-ethyl adjacent to an activating group) is 1. The van der Waals surface area contributed by atoms with Gasteiger partial charge in [0.05, 0.1) is 39.9 Å². The molecule has 3 unspecified atom stereocenters. The molecule has 0 heterocycles. The first-order valence-corrected chi connectivity index (χ1v) is 28.7. The molecule has 3 atom stereocenters. The molecule has 9 heteroatoms. The van der Waals surface area contributed by atoms with Gasteiger partial charge in [0.15, 0.2) is 0 Å². The fourth-order valence-corrected chi connectivity index (χ4v) is 8.83. The second kappa shape index (κ2) is 46.1. The fraction of sp³-hybridized carbons (Fsp3) is 0.907. The Balaban J connectivity index is 4.10. The number of unbranched alkanes of at least 4 members (excludes halogenated alkanes) is 35. The predicted octanol–water partition coefficient (Wildman–Crippen LogP) is 16.0. The van der Waals surface area contributed by atoms with Gasteiger partial charge in [0.1, 0.15) is 13.2 Å². The van der Waals surface area contributed by atoms with Gasteiger partial charge in [0.2, 0.25) is 5.91 Å². The van der Waals surface area contributed by atoms with E-state index in [0.717, 1.165) is 38.5 Å². The number of aliphatic hydroxyl groups excluding tert-OH is 1. The average Bonchev–Trinajstić information content (AvgIpc) is 3.24. The lowest BCUT2D eigenvalue weighted by atomic mass is 10.0. The lowest BCUT2D eigenvalue weighted by Crippen LogP contribution is -2.45. The number of phosphoric acid groups is 1. The van der Waals surface area contributed by atoms with E-state index in [1.807, 2.05) is 27.2 Å². The zero-order valence-corrected chi connectivity index (χ0v) is 43.5. The molecule has 0 saturated heterocycles. The van der Waals surface area contributed by atoms with E-state index in [-0.39, 0.29) is 19.1 Å². The van der Waals surface area contributed by atoms with Crippen LogP contribution in [0.1, 0.15) is 264 Å². The topological polar surface area (TPSA) is 105 Å². The zero-order valence-electron chi connectivity index (χ0n) is 42.6. The quantitative estimate of drug-likeness (QED) is 0.0243. The highest BCUT2D eigenvalue weighted by atomic mass is 31.2. The number of allylic oxidation sites excluding steroid dienone is 3. The molecule has 8 nitrogen and oxygen atoms in total. The van der Waals surface area contributed by atoms with Gasteiger partial charge in [-0.05, 0) is 44.9 Å². The molecule has 0 rings (SSSR count). The standard InChI is InChI=1S/C54H107N2O6P/c1-6-8-10-12-14-16-18-20-21-22-23-24-25-26-27-28-29-30-31-32-33-34-36-38-40-42-44-46-48-54(58)55-52(51-62-63(59,60)61-50-49-56(3,4)5)53(57)47-45-43-41-39-37-35-19-17-15-13-11-9-7-2/h26-27,45,47,52-53,57H,6-25,28-44,46,48-51H2,1-5H3,(H-,55,58,59,60)/p+1/b27-26-,47-45+. The molecule has 0 fully saturated rings. The number of carbonyl (C=O) groups excluding carboxylic acids is 1. The highest BCUT2D eigenvalue weighted by Crippen LogP contribution is 2.43. The van der Waals surface area contributed by atoms with Crippen LogP contribution in [0.3, 0.4) is 0 Å². The molecule has 0 aromatic carbocycles. The minimum atomic E-state index is -4.34. The van der Waals surface area contributed by atoms with Crippen molar-refractivity contribution in [1.29, 1.82) is 0 Å². The van der Waals surface area contributed by atoms with E-state index < -0.39 is 20.0 Å². The van der Waals surface area contributed by atoms with E-state index >= 15 is 0 Å². The van der Waals surface area contributed by atoms with Crippen molar-refractivity contribution in [2.75, 3.05) is 40.9 Å². The predicted molar refractivity (Wildman–Crippen MR) is 272 cm³/mol. The maximum atomic E-state index is 12.9. The molecule has 0 bridgehead atoms. The highest BCUT2D eigenvalue weighted by molar-refractivity contribution is 7.47. The number of amides is 1. The van der Waals surface area contributed by atoms with Gasteiger partial charge in [-0.25, -0.2) is 4.57 Å². The Morgan fingerprint density at radius 2 is 0.857 bits per heavy atom. The van der Waals surface area contributed by atoms with E-state index in [1.165, 1.54) is 205 Å². The van der Waals surface area contributed by atoms with Gasteiger partial charge in [0.25, 0.3) is 0 Å². The van der Waals surface area contributed by atoms with E-state index in [2.05, 4.69) is 31.3 Å². The average molecular weight is 912 g/mol. The van der Waals surface area contributed by atoms with Crippen LogP contribution in [0.4, 0.5) is 0 Å². The Kier molecular flexibility index (Phi) is 45.4. The third-order valence-electron chi connectivity index (χ3n) is 12.4. The summed E-state index contributed by atoms with van der Waals surface area (Å²) in [5.41, 5.74) is 0. The summed E-state index contributed by atoms with van der Waals surface area (Å²) in [6.45, 7) is 4.84. The molecule has 0 spiro atoms. The summed E-state index contributed by atoms with van der Waals surface area (Å²) in [4.78, 5) is 23.2. The first-order valence-electron chi connectivity index (χ1n) is 27.2. The number of quaternary nitrogens is 1. The zero-order chi connectivity index (χ0) is 46.4. The smallest absolute Gasteiger partial charge is 0.387 e. The van der Waals surface area contributed by atoms with Crippen LogP contribution in [0, 0.1) is 0 Å². The van der Waals surface area contributed by atoms with Crippen LogP contribution in [0.5, 0.6) is 0 Å². The number of aliphatic hydroxyl groups is 1. The first kappa shape index (κ1) is 62.0. The molecule has 1 amide bonds. The van der Waals surface area contributed by atoms with Gasteiger partial charge in [-0.15, -0.1) is 0 Å². The van der Waals surface area contributed by atoms with E-state index in [9.17, 15) is 19.4 Å². The first-order chi connectivity index (χ1) is 30.5. The second-order valence-electron chi connectivity index (χ2n) is 20.0. The molecule has 0 aliphatic rings. The normalized spacial score (nSPS) is 14.2. The van der Waals surface area contributed by atoms with Crippen molar-refractivity contribution in [1.82, 2.24) is 5.32 Å². The van der Waals surface area contributed by atoms with Crippen LogP contribution < -0.4 is 5.32 Å². The molecule has 3 N–H and O–H groups in total. The van der Waals surface area contributed by atoms with Crippen molar-refractivity contribution in [2.45, 2.75) is 276 Å². The maximum Gasteiger partial charge on any atom is 0.472 e. The van der Waals surface area contributed by atoms with Crippen LogP contribution in [-0.4, -0.2) is 73.4 Å². The SMILES string of the molecule is CCCCCCCCCCCCC/C=C/C(O)C(COP(=O)(O)OCC[N+](C)(C)C)NC(=O)CCCCCCCCCCCCCC/C=C\CCCCCCCCCCCCCC. The van der Waals surface area contributed by atoms with Crippen molar-refractivity contribution in [3.8, 4) is 0 Å². The summed E-state index contributed by atoms with van der Waals surface area (Å²) < 4.78 is 23.6. The Morgan fingerprint density at radius 3 is 1.22 bits per heavy atom. The second-order valence-corrected chi connectivity index (χ2v) is 21.4. The number of nitrogens with zero attached hydrogens (tertiary/aromatic N) is 1.